The molecule has 2 N–H and O–H groups in total. The fraction of sp³-hybridized carbons (Fsp3) is 0.0526. The van der Waals surface area contributed by atoms with Gasteiger partial charge < -0.3 is 9.73 Å². The Morgan fingerprint density at radius 3 is 2.67 bits per heavy atom. The number of halogens is 1. The molecule has 3 aromatic rings. The first kappa shape index (κ1) is 18.8. The van der Waals surface area contributed by atoms with Crippen LogP contribution in [0.25, 0.3) is 11.0 Å². The van der Waals surface area contributed by atoms with E-state index in [0.29, 0.717) is 16.5 Å². The van der Waals surface area contributed by atoms with Crippen LogP contribution in [-0.2, 0) is 4.79 Å². The van der Waals surface area contributed by atoms with Gasteiger partial charge >= 0.3 is 0 Å². The third kappa shape index (κ3) is 4.59. The first-order chi connectivity index (χ1) is 13.1. The zero-order chi connectivity index (χ0) is 19.2. The van der Waals surface area contributed by atoms with Crippen molar-refractivity contribution in [1.29, 1.82) is 0 Å². The lowest BCUT2D eigenvalue weighted by atomic mass is 10.2. The highest BCUT2D eigenvalue weighted by atomic mass is 127. The predicted molar refractivity (Wildman–Crippen MR) is 110 cm³/mol. The van der Waals surface area contributed by atoms with Crippen molar-refractivity contribution in [3.05, 3.63) is 79.7 Å². The molecule has 0 radical (unpaired) electrons. The first-order valence-corrected chi connectivity index (χ1v) is 8.99. The molecule has 0 saturated carbocycles. The Morgan fingerprint density at radius 2 is 1.85 bits per heavy atom. The summed E-state index contributed by atoms with van der Waals surface area (Å²) >= 11 is 2.05. The summed E-state index contributed by atoms with van der Waals surface area (Å²) in [6.07, 6.45) is 2.48. The third-order valence-corrected chi connectivity index (χ3v) is 4.57. The molecule has 0 unspecified atom stereocenters. The Balaban J connectivity index is 1.58. The van der Waals surface area contributed by atoms with Gasteiger partial charge in [-0.3, -0.25) is 14.4 Å². The maximum atomic E-state index is 12.3. The number of nitrogens with one attached hydrogen (secondary N) is 2. The molecular formula is C19H14IN3O4. The molecule has 0 aliphatic rings. The zero-order valence-corrected chi connectivity index (χ0v) is 16.1. The van der Waals surface area contributed by atoms with Gasteiger partial charge in [0.25, 0.3) is 11.8 Å². The number of carbonyl (C=O) groups is 2. The van der Waals surface area contributed by atoms with Crippen LogP contribution >= 0.6 is 22.6 Å². The second-order valence-electron chi connectivity index (χ2n) is 5.47. The van der Waals surface area contributed by atoms with Crippen molar-refractivity contribution in [2.75, 3.05) is 6.54 Å². The van der Waals surface area contributed by atoms with Gasteiger partial charge in [0, 0.05) is 3.57 Å². The number of hydrazone groups is 1. The summed E-state index contributed by atoms with van der Waals surface area (Å²) < 4.78 is 6.14. The van der Waals surface area contributed by atoms with Gasteiger partial charge in [-0.05, 0) is 46.9 Å². The van der Waals surface area contributed by atoms with Gasteiger partial charge in [0.1, 0.15) is 11.8 Å². The average molecular weight is 475 g/mol. The second-order valence-corrected chi connectivity index (χ2v) is 6.63. The van der Waals surface area contributed by atoms with Crippen molar-refractivity contribution < 1.29 is 14.0 Å². The molecule has 0 atom stereocenters. The number of rotatable bonds is 5. The lowest BCUT2D eigenvalue weighted by Crippen LogP contribution is -2.35. The van der Waals surface area contributed by atoms with Crippen LogP contribution < -0.4 is 16.2 Å². The molecule has 27 heavy (non-hydrogen) atoms. The van der Waals surface area contributed by atoms with E-state index in [4.69, 9.17) is 4.42 Å². The number of para-hydroxylation sites is 1. The average Bonchev–Trinajstić information content (AvgIpc) is 2.68. The lowest BCUT2D eigenvalue weighted by Gasteiger charge is -2.05. The molecule has 0 spiro atoms. The maximum absolute atomic E-state index is 12.3. The van der Waals surface area contributed by atoms with Crippen LogP contribution in [0.3, 0.4) is 0 Å². The van der Waals surface area contributed by atoms with E-state index in [-0.39, 0.29) is 23.4 Å². The zero-order valence-electron chi connectivity index (χ0n) is 13.9. The normalized spacial score (nSPS) is 10.9. The summed E-state index contributed by atoms with van der Waals surface area (Å²) in [6, 6.07) is 13.9. The number of hydrogen-bond donors (Lipinski definition) is 2. The van der Waals surface area contributed by atoms with Gasteiger partial charge in [-0.25, -0.2) is 5.43 Å². The van der Waals surface area contributed by atoms with Gasteiger partial charge in [0.15, 0.2) is 0 Å². The second kappa shape index (κ2) is 8.58. The Kier molecular flexibility index (Phi) is 5.97. The number of carbonyl (C=O) groups excluding carboxylic acids is 2. The van der Waals surface area contributed by atoms with Crippen molar-refractivity contribution in [2.24, 2.45) is 5.10 Å². The molecule has 136 valence electrons. The molecule has 0 bridgehead atoms. The van der Waals surface area contributed by atoms with E-state index in [9.17, 15) is 14.4 Å². The molecule has 0 aliphatic carbocycles. The van der Waals surface area contributed by atoms with E-state index >= 15 is 0 Å². The van der Waals surface area contributed by atoms with Crippen molar-refractivity contribution in [3.8, 4) is 0 Å². The van der Waals surface area contributed by atoms with Crippen LogP contribution in [0.15, 0.2) is 69.1 Å². The fourth-order valence-electron chi connectivity index (χ4n) is 2.30. The summed E-state index contributed by atoms with van der Waals surface area (Å²) in [7, 11) is 0. The molecule has 1 heterocycles. The molecule has 2 amide bonds. The number of fused-ring (bicyclic) bond motifs is 1. The molecular weight excluding hydrogens is 461 g/mol. The minimum Gasteiger partial charge on any atom is -0.463 e. The summed E-state index contributed by atoms with van der Waals surface area (Å²) in [6.45, 7) is -0.243. The number of benzene rings is 2. The van der Waals surface area contributed by atoms with E-state index in [2.05, 4.69) is 15.8 Å². The Bertz CT molecular complexity index is 1090. The quantitative estimate of drug-likeness (QED) is 0.336. The van der Waals surface area contributed by atoms with Crippen molar-refractivity contribution >= 4 is 51.6 Å². The Labute approximate surface area is 167 Å². The summed E-state index contributed by atoms with van der Waals surface area (Å²) in [5.74, 6) is -0.870. The van der Waals surface area contributed by atoms with E-state index in [1.807, 2.05) is 28.7 Å². The Hall–Kier alpha value is -3.01. The Morgan fingerprint density at radius 1 is 1.11 bits per heavy atom. The predicted octanol–water partition coefficient (Wildman–Crippen LogP) is 2.28. The highest BCUT2D eigenvalue weighted by Gasteiger charge is 2.10. The summed E-state index contributed by atoms with van der Waals surface area (Å²) in [5, 5.41) is 6.68. The fourth-order valence-corrected chi connectivity index (χ4v) is 2.93. The highest BCUT2D eigenvalue weighted by molar-refractivity contribution is 14.1. The monoisotopic (exact) mass is 475 g/mol. The van der Waals surface area contributed by atoms with Crippen LogP contribution in [-0.4, -0.2) is 24.6 Å². The van der Waals surface area contributed by atoms with E-state index < -0.39 is 5.91 Å². The van der Waals surface area contributed by atoms with Crippen molar-refractivity contribution in [1.82, 2.24) is 10.7 Å². The maximum Gasteiger partial charge on any atom is 0.259 e. The van der Waals surface area contributed by atoms with E-state index in [0.717, 1.165) is 3.57 Å². The van der Waals surface area contributed by atoms with Crippen LogP contribution in [0.1, 0.15) is 15.9 Å². The molecule has 0 fully saturated rings. The molecule has 3 rings (SSSR count). The van der Waals surface area contributed by atoms with Gasteiger partial charge in [0.2, 0.25) is 5.43 Å². The minimum absolute atomic E-state index is 0.205. The third-order valence-electron chi connectivity index (χ3n) is 3.63. The van der Waals surface area contributed by atoms with Crippen LogP contribution in [0.2, 0.25) is 0 Å². The van der Waals surface area contributed by atoms with Gasteiger partial charge in [-0.2, -0.15) is 5.10 Å². The highest BCUT2D eigenvalue weighted by Crippen LogP contribution is 2.11. The minimum atomic E-state index is -0.518. The molecule has 2 aromatic carbocycles. The molecule has 7 nitrogen and oxygen atoms in total. The van der Waals surface area contributed by atoms with Crippen LogP contribution in [0.4, 0.5) is 0 Å². The molecule has 1 aromatic heterocycles. The lowest BCUT2D eigenvalue weighted by molar-refractivity contribution is -0.120. The largest absolute Gasteiger partial charge is 0.463 e. The number of amides is 2. The van der Waals surface area contributed by atoms with Crippen LogP contribution in [0.5, 0.6) is 0 Å². The van der Waals surface area contributed by atoms with Crippen molar-refractivity contribution in [3.63, 3.8) is 0 Å². The number of hydrogen-bond acceptors (Lipinski definition) is 5. The van der Waals surface area contributed by atoms with Gasteiger partial charge in [-0.1, -0.05) is 24.3 Å². The van der Waals surface area contributed by atoms with Gasteiger partial charge in [-0.15, -0.1) is 0 Å². The first-order valence-electron chi connectivity index (χ1n) is 7.91. The summed E-state index contributed by atoms with van der Waals surface area (Å²) in [4.78, 5) is 36.1. The topological polar surface area (TPSA) is 101 Å². The standard InChI is InChI=1S/C19H14IN3O4/c20-15-7-3-1-5-13(15)19(26)21-10-17(24)23-22-9-12-11-27-16-8-4-2-6-14(16)18(12)25/h1-9,11H,10H2,(H,21,26)(H,23,24)/b22-9-. The molecule has 0 saturated heterocycles. The summed E-state index contributed by atoms with van der Waals surface area (Å²) in [5.41, 5.74) is 3.18. The van der Waals surface area contributed by atoms with Crippen molar-refractivity contribution in [2.45, 2.75) is 0 Å². The van der Waals surface area contributed by atoms with E-state index in [1.54, 1.807) is 42.5 Å². The molecule has 0 aliphatic heterocycles. The van der Waals surface area contributed by atoms with E-state index in [1.165, 1.54) is 12.5 Å². The smallest absolute Gasteiger partial charge is 0.259 e. The van der Waals surface area contributed by atoms with Crippen LogP contribution in [0, 0.1) is 3.57 Å². The SMILES string of the molecule is O=C(CNC(=O)c1ccccc1I)N/N=C\c1coc2ccccc2c1=O. The molecule has 8 heteroatoms. The van der Waals surface area contributed by atoms with Gasteiger partial charge in [0.05, 0.1) is 29.3 Å². The number of nitrogens with zero attached hydrogens (tertiary/aromatic N) is 1.